The summed E-state index contributed by atoms with van der Waals surface area (Å²) in [4.78, 5) is 0. The third kappa shape index (κ3) is 2.49. The fourth-order valence-corrected chi connectivity index (χ4v) is 3.24. The van der Waals surface area contributed by atoms with Crippen molar-refractivity contribution in [2.45, 2.75) is 50.2 Å². The molecule has 2 aliphatic rings. The molecule has 3 rings (SSSR count). The Morgan fingerprint density at radius 1 is 1.37 bits per heavy atom. The molecule has 0 bridgehead atoms. The molecule has 0 aromatic heterocycles. The molecule has 3 unspecified atom stereocenters. The van der Waals surface area contributed by atoms with Crippen molar-refractivity contribution in [2.75, 3.05) is 13.2 Å². The number of hydrogen-bond donors (Lipinski definition) is 1. The van der Waals surface area contributed by atoms with Crippen LogP contribution in [0, 0.1) is 0 Å². The molecule has 0 aliphatic carbocycles. The van der Waals surface area contributed by atoms with Gasteiger partial charge in [0.2, 0.25) is 0 Å². The molecule has 3 atom stereocenters. The van der Waals surface area contributed by atoms with Gasteiger partial charge in [-0.25, -0.2) is 0 Å². The van der Waals surface area contributed by atoms with E-state index in [9.17, 15) is 5.11 Å². The third-order valence-corrected chi connectivity index (χ3v) is 4.54. The zero-order chi connectivity index (χ0) is 13.3. The van der Waals surface area contributed by atoms with Crippen molar-refractivity contribution in [3.63, 3.8) is 0 Å². The molecule has 3 nitrogen and oxygen atoms in total. The van der Waals surface area contributed by atoms with Crippen LogP contribution in [0.4, 0.5) is 0 Å². The lowest BCUT2D eigenvalue weighted by Crippen LogP contribution is -2.40. The van der Waals surface area contributed by atoms with E-state index in [4.69, 9.17) is 9.47 Å². The molecule has 0 amide bonds. The molecule has 1 aromatic rings. The highest BCUT2D eigenvalue weighted by Crippen LogP contribution is 2.39. The van der Waals surface area contributed by atoms with Gasteiger partial charge in [-0.2, -0.15) is 0 Å². The van der Waals surface area contributed by atoms with E-state index in [1.54, 1.807) is 0 Å². The van der Waals surface area contributed by atoms with Crippen molar-refractivity contribution in [1.82, 2.24) is 0 Å². The standard InChI is InChI=1S/C16H22O3/c1-16(8-4-9-19-16)15(17)11-12-7-10-18-14-6-3-2-5-13(12)14/h2-3,5-6,12,15,17H,4,7-11H2,1H3. The van der Waals surface area contributed by atoms with Gasteiger partial charge >= 0.3 is 0 Å². The van der Waals surface area contributed by atoms with Crippen molar-refractivity contribution in [1.29, 1.82) is 0 Å². The van der Waals surface area contributed by atoms with Crippen molar-refractivity contribution in [2.24, 2.45) is 0 Å². The topological polar surface area (TPSA) is 38.7 Å². The Bertz CT molecular complexity index is 437. The number of rotatable bonds is 3. The van der Waals surface area contributed by atoms with E-state index < -0.39 is 6.10 Å². The Morgan fingerprint density at radius 2 is 2.21 bits per heavy atom. The van der Waals surface area contributed by atoms with Crippen LogP contribution in [0.5, 0.6) is 5.75 Å². The molecule has 2 aliphatic heterocycles. The Morgan fingerprint density at radius 3 is 3.00 bits per heavy atom. The number of aliphatic hydroxyl groups excluding tert-OH is 1. The lowest BCUT2D eigenvalue weighted by molar-refractivity contribution is -0.0835. The van der Waals surface area contributed by atoms with Crippen molar-refractivity contribution in [3.05, 3.63) is 29.8 Å². The van der Waals surface area contributed by atoms with E-state index in [1.165, 1.54) is 5.56 Å². The first kappa shape index (κ1) is 12.9. The number of fused-ring (bicyclic) bond motifs is 1. The quantitative estimate of drug-likeness (QED) is 0.910. The Labute approximate surface area is 114 Å². The van der Waals surface area contributed by atoms with Crippen LogP contribution in [0.15, 0.2) is 24.3 Å². The maximum atomic E-state index is 10.5. The first-order valence-electron chi connectivity index (χ1n) is 7.23. The van der Waals surface area contributed by atoms with E-state index in [-0.39, 0.29) is 5.60 Å². The molecule has 1 aromatic carbocycles. The first-order chi connectivity index (χ1) is 9.19. The summed E-state index contributed by atoms with van der Waals surface area (Å²) in [5.74, 6) is 1.35. The average molecular weight is 262 g/mol. The van der Waals surface area contributed by atoms with E-state index in [0.29, 0.717) is 5.92 Å². The first-order valence-corrected chi connectivity index (χ1v) is 7.23. The van der Waals surface area contributed by atoms with Gasteiger partial charge in [0.15, 0.2) is 0 Å². The minimum atomic E-state index is -0.397. The van der Waals surface area contributed by atoms with Gasteiger partial charge in [-0.05, 0) is 50.2 Å². The molecule has 19 heavy (non-hydrogen) atoms. The van der Waals surface area contributed by atoms with E-state index in [0.717, 1.165) is 44.6 Å². The molecule has 0 spiro atoms. The molecule has 1 saturated heterocycles. The van der Waals surface area contributed by atoms with E-state index in [1.807, 2.05) is 25.1 Å². The molecule has 104 valence electrons. The van der Waals surface area contributed by atoms with Gasteiger partial charge in [-0.15, -0.1) is 0 Å². The summed E-state index contributed by atoms with van der Waals surface area (Å²) in [6, 6.07) is 8.17. The molecule has 2 heterocycles. The van der Waals surface area contributed by atoms with Gasteiger partial charge in [0.05, 0.1) is 18.3 Å². The fraction of sp³-hybridized carbons (Fsp3) is 0.625. The summed E-state index contributed by atoms with van der Waals surface area (Å²) in [5.41, 5.74) is 0.877. The summed E-state index contributed by atoms with van der Waals surface area (Å²) in [5, 5.41) is 10.5. The van der Waals surface area contributed by atoms with Crippen LogP contribution in [0.2, 0.25) is 0 Å². The van der Waals surface area contributed by atoms with Crippen LogP contribution >= 0.6 is 0 Å². The van der Waals surface area contributed by atoms with Crippen molar-refractivity contribution in [3.8, 4) is 5.75 Å². The van der Waals surface area contributed by atoms with Gasteiger partial charge in [0, 0.05) is 6.61 Å². The largest absolute Gasteiger partial charge is 0.493 e. The molecule has 0 radical (unpaired) electrons. The summed E-state index contributed by atoms with van der Waals surface area (Å²) in [7, 11) is 0. The minimum Gasteiger partial charge on any atom is -0.493 e. The van der Waals surface area contributed by atoms with Crippen molar-refractivity contribution >= 4 is 0 Å². The van der Waals surface area contributed by atoms with Crippen LogP contribution in [-0.2, 0) is 4.74 Å². The predicted molar refractivity (Wildman–Crippen MR) is 73.5 cm³/mol. The molecular formula is C16H22O3. The van der Waals surface area contributed by atoms with E-state index >= 15 is 0 Å². The number of para-hydroxylation sites is 1. The Hall–Kier alpha value is -1.06. The fourth-order valence-electron chi connectivity index (χ4n) is 3.24. The summed E-state index contributed by atoms with van der Waals surface area (Å²) in [6.45, 7) is 3.56. The second-order valence-corrected chi connectivity index (χ2v) is 5.89. The maximum absolute atomic E-state index is 10.5. The smallest absolute Gasteiger partial charge is 0.122 e. The van der Waals surface area contributed by atoms with Gasteiger partial charge in [-0.1, -0.05) is 18.2 Å². The predicted octanol–water partition coefficient (Wildman–Crippen LogP) is 2.87. The van der Waals surface area contributed by atoms with Gasteiger partial charge in [0.25, 0.3) is 0 Å². The van der Waals surface area contributed by atoms with Crippen molar-refractivity contribution < 1.29 is 14.6 Å². The lowest BCUT2D eigenvalue weighted by atomic mass is 9.83. The maximum Gasteiger partial charge on any atom is 0.122 e. The molecular weight excluding hydrogens is 240 g/mol. The number of ether oxygens (including phenoxy) is 2. The van der Waals surface area contributed by atoms with Gasteiger partial charge in [-0.3, -0.25) is 0 Å². The highest BCUT2D eigenvalue weighted by molar-refractivity contribution is 5.37. The monoisotopic (exact) mass is 262 g/mol. The normalized spacial score (nSPS) is 31.6. The average Bonchev–Trinajstić information content (AvgIpc) is 2.87. The zero-order valence-corrected chi connectivity index (χ0v) is 11.5. The third-order valence-electron chi connectivity index (χ3n) is 4.54. The number of hydrogen-bond acceptors (Lipinski definition) is 3. The number of benzene rings is 1. The summed E-state index contributed by atoms with van der Waals surface area (Å²) < 4.78 is 11.4. The van der Waals surface area contributed by atoms with Crippen LogP contribution < -0.4 is 4.74 Å². The Kier molecular flexibility index (Phi) is 3.50. The summed E-state index contributed by atoms with van der Waals surface area (Å²) >= 11 is 0. The summed E-state index contributed by atoms with van der Waals surface area (Å²) in [6.07, 6.45) is 3.35. The highest BCUT2D eigenvalue weighted by atomic mass is 16.5. The SMILES string of the molecule is CC1(C(O)CC2CCOc3ccccc32)CCCO1. The molecule has 1 N–H and O–H groups in total. The molecule has 0 saturated carbocycles. The lowest BCUT2D eigenvalue weighted by Gasteiger charge is -2.34. The van der Waals surface area contributed by atoms with Crippen LogP contribution in [0.25, 0.3) is 0 Å². The van der Waals surface area contributed by atoms with Gasteiger partial charge < -0.3 is 14.6 Å². The number of aliphatic hydroxyl groups is 1. The second kappa shape index (κ2) is 5.14. The molecule has 3 heteroatoms. The highest BCUT2D eigenvalue weighted by Gasteiger charge is 2.39. The molecule has 1 fully saturated rings. The minimum absolute atomic E-state index is 0.354. The van der Waals surface area contributed by atoms with Crippen LogP contribution in [0.1, 0.15) is 44.1 Å². The van der Waals surface area contributed by atoms with Gasteiger partial charge in [0.1, 0.15) is 5.75 Å². The zero-order valence-electron chi connectivity index (χ0n) is 11.5. The van der Waals surface area contributed by atoms with Crippen LogP contribution in [-0.4, -0.2) is 30.0 Å². The Balaban J connectivity index is 1.74. The second-order valence-electron chi connectivity index (χ2n) is 5.89. The van der Waals surface area contributed by atoms with Crippen LogP contribution in [0.3, 0.4) is 0 Å². The van der Waals surface area contributed by atoms with E-state index in [2.05, 4.69) is 6.07 Å².